The molecule has 0 unspecified atom stereocenters. The van der Waals surface area contributed by atoms with Gasteiger partial charge in [0.1, 0.15) is 0 Å². The van der Waals surface area contributed by atoms with E-state index in [1.54, 1.807) is 12.1 Å². The van der Waals surface area contributed by atoms with Gasteiger partial charge in [-0.2, -0.15) is 0 Å². The number of nitrogens with one attached hydrogen (secondary N) is 2. The van der Waals surface area contributed by atoms with Crippen molar-refractivity contribution in [3.05, 3.63) is 79.1 Å². The van der Waals surface area contributed by atoms with Gasteiger partial charge in [0.05, 0.1) is 22.1 Å². The summed E-state index contributed by atoms with van der Waals surface area (Å²) in [5.74, 6) is 0. The Balaban J connectivity index is 0.00000205. The standard InChI is InChI=1S/C24H20N2O2.CH4/c1-11-5-13(3)21-17(7-11)23(27)15-9-20-16(10-19(15)25-21)24(28)18-8-12(2)6-14(4)22(18)26-20;/h5-10H,1-4H3,(H,25,27)(H,26,28);1H4. The van der Waals surface area contributed by atoms with Crippen LogP contribution in [-0.2, 0) is 0 Å². The Bertz CT molecular complexity index is 1470. The minimum absolute atomic E-state index is 0. The minimum atomic E-state index is -0.0148. The molecule has 0 atom stereocenters. The topological polar surface area (TPSA) is 65.7 Å². The summed E-state index contributed by atoms with van der Waals surface area (Å²) in [5.41, 5.74) is 7.15. The molecule has 0 aliphatic rings. The molecular formula is C25H24N2O2. The summed E-state index contributed by atoms with van der Waals surface area (Å²) in [6.07, 6.45) is 0. The van der Waals surface area contributed by atoms with E-state index in [9.17, 15) is 9.59 Å². The molecule has 2 aromatic heterocycles. The molecule has 0 saturated heterocycles. The molecule has 2 N–H and O–H groups in total. The van der Waals surface area contributed by atoms with Gasteiger partial charge >= 0.3 is 0 Å². The molecular weight excluding hydrogens is 360 g/mol. The van der Waals surface area contributed by atoms with Crippen LogP contribution in [0.4, 0.5) is 0 Å². The van der Waals surface area contributed by atoms with Crippen LogP contribution in [0.5, 0.6) is 0 Å². The largest absolute Gasteiger partial charge is 0.354 e. The summed E-state index contributed by atoms with van der Waals surface area (Å²) in [5, 5.41) is 2.54. The molecule has 0 aliphatic carbocycles. The lowest BCUT2D eigenvalue weighted by Gasteiger charge is -2.10. The highest BCUT2D eigenvalue weighted by Gasteiger charge is 2.13. The summed E-state index contributed by atoms with van der Waals surface area (Å²) < 4.78 is 0. The quantitative estimate of drug-likeness (QED) is 0.344. The normalized spacial score (nSPS) is 11.4. The highest BCUT2D eigenvalue weighted by molar-refractivity contribution is 6.03. The van der Waals surface area contributed by atoms with Gasteiger partial charge in [0.25, 0.3) is 0 Å². The smallest absolute Gasteiger partial charge is 0.197 e. The van der Waals surface area contributed by atoms with Gasteiger partial charge in [-0.05, 0) is 74.2 Å². The average Bonchev–Trinajstić information content (AvgIpc) is 2.63. The molecule has 5 rings (SSSR count). The zero-order valence-corrected chi connectivity index (χ0v) is 16.3. The zero-order valence-electron chi connectivity index (χ0n) is 16.3. The average molecular weight is 384 g/mol. The van der Waals surface area contributed by atoms with Gasteiger partial charge in [0.2, 0.25) is 0 Å². The van der Waals surface area contributed by atoms with E-state index in [-0.39, 0.29) is 18.3 Å². The Kier molecular flexibility index (Phi) is 4.12. The molecule has 29 heavy (non-hydrogen) atoms. The van der Waals surface area contributed by atoms with Crippen LogP contribution in [0.1, 0.15) is 29.7 Å². The van der Waals surface area contributed by atoms with Crippen LogP contribution in [0.25, 0.3) is 43.6 Å². The molecule has 5 aromatic rings. The van der Waals surface area contributed by atoms with Crippen molar-refractivity contribution in [2.45, 2.75) is 35.1 Å². The number of hydrogen-bond donors (Lipinski definition) is 2. The molecule has 0 fully saturated rings. The maximum absolute atomic E-state index is 13.2. The zero-order chi connectivity index (χ0) is 19.7. The number of hydrogen-bond acceptors (Lipinski definition) is 2. The van der Waals surface area contributed by atoms with Crippen LogP contribution < -0.4 is 10.9 Å². The van der Waals surface area contributed by atoms with Crippen molar-refractivity contribution >= 4 is 43.6 Å². The summed E-state index contributed by atoms with van der Waals surface area (Å²) in [6, 6.07) is 11.6. The van der Waals surface area contributed by atoms with E-state index < -0.39 is 0 Å². The highest BCUT2D eigenvalue weighted by atomic mass is 16.1. The number of aromatic amines is 2. The van der Waals surface area contributed by atoms with E-state index >= 15 is 0 Å². The van der Waals surface area contributed by atoms with Gasteiger partial charge in [0.15, 0.2) is 10.9 Å². The Hall–Kier alpha value is -3.40. The first-order chi connectivity index (χ1) is 13.3. The summed E-state index contributed by atoms with van der Waals surface area (Å²) in [6.45, 7) is 7.96. The molecule has 0 bridgehead atoms. The van der Waals surface area contributed by atoms with E-state index in [4.69, 9.17) is 0 Å². The molecule has 0 saturated carbocycles. The first-order valence-corrected chi connectivity index (χ1v) is 9.37. The molecule has 0 spiro atoms. The maximum Gasteiger partial charge on any atom is 0.197 e. The predicted molar refractivity (Wildman–Crippen MR) is 123 cm³/mol. The van der Waals surface area contributed by atoms with E-state index in [1.165, 1.54) is 0 Å². The highest BCUT2D eigenvalue weighted by Crippen LogP contribution is 2.25. The van der Waals surface area contributed by atoms with Gasteiger partial charge in [-0.3, -0.25) is 9.59 Å². The van der Waals surface area contributed by atoms with Crippen LogP contribution in [0.15, 0.2) is 46.0 Å². The third-order valence-corrected chi connectivity index (χ3v) is 5.62. The van der Waals surface area contributed by atoms with Crippen LogP contribution in [-0.4, -0.2) is 9.97 Å². The number of pyridine rings is 2. The molecule has 146 valence electrons. The van der Waals surface area contributed by atoms with Crippen molar-refractivity contribution in [1.29, 1.82) is 0 Å². The molecule has 4 heteroatoms. The van der Waals surface area contributed by atoms with Crippen molar-refractivity contribution in [2.24, 2.45) is 0 Å². The van der Waals surface area contributed by atoms with Gasteiger partial charge in [0, 0.05) is 21.5 Å². The first kappa shape index (κ1) is 18.9. The lowest BCUT2D eigenvalue weighted by atomic mass is 10.0. The third-order valence-electron chi connectivity index (χ3n) is 5.62. The second-order valence-corrected chi connectivity index (χ2v) is 7.86. The SMILES string of the molecule is C.Cc1cc(C)c2[nH]c3cc4c(=O)c5cc(C)cc(C)c5[nH]c4cc3c(=O)c2c1. The van der Waals surface area contributed by atoms with Gasteiger partial charge in [-0.15, -0.1) is 0 Å². The van der Waals surface area contributed by atoms with Gasteiger partial charge in [-0.25, -0.2) is 0 Å². The minimum Gasteiger partial charge on any atom is -0.354 e. The fraction of sp³-hybridized carbons (Fsp3) is 0.200. The van der Waals surface area contributed by atoms with Crippen LogP contribution in [0.3, 0.4) is 0 Å². The molecule has 3 aromatic carbocycles. The fourth-order valence-electron chi connectivity index (χ4n) is 4.37. The summed E-state index contributed by atoms with van der Waals surface area (Å²) in [4.78, 5) is 33.1. The molecule has 2 heterocycles. The number of aryl methyl sites for hydroxylation is 4. The molecule has 0 aliphatic heterocycles. The second kappa shape index (κ2) is 6.31. The Morgan fingerprint density at radius 1 is 0.552 bits per heavy atom. The van der Waals surface area contributed by atoms with Crippen molar-refractivity contribution in [2.75, 3.05) is 0 Å². The third kappa shape index (κ3) is 2.67. The Morgan fingerprint density at radius 3 is 1.31 bits per heavy atom. The summed E-state index contributed by atoms with van der Waals surface area (Å²) in [7, 11) is 0. The predicted octanol–water partition coefficient (Wildman–Crippen LogP) is 5.55. The van der Waals surface area contributed by atoms with Crippen molar-refractivity contribution in [3.63, 3.8) is 0 Å². The van der Waals surface area contributed by atoms with Gasteiger partial charge in [-0.1, -0.05) is 19.6 Å². The van der Waals surface area contributed by atoms with E-state index in [0.29, 0.717) is 32.6 Å². The van der Waals surface area contributed by atoms with Gasteiger partial charge < -0.3 is 9.97 Å². The van der Waals surface area contributed by atoms with Crippen LogP contribution in [0, 0.1) is 27.7 Å². The number of rotatable bonds is 0. The monoisotopic (exact) mass is 384 g/mol. The molecule has 0 amide bonds. The maximum atomic E-state index is 13.2. The Labute approximate surface area is 168 Å². The number of H-pyrrole nitrogens is 2. The van der Waals surface area contributed by atoms with E-state index in [1.807, 2.05) is 39.8 Å². The van der Waals surface area contributed by atoms with Crippen LogP contribution >= 0.6 is 0 Å². The lowest BCUT2D eigenvalue weighted by molar-refractivity contribution is 1.36. The molecule has 0 radical (unpaired) electrons. The number of benzene rings is 3. The number of aromatic nitrogens is 2. The van der Waals surface area contributed by atoms with Crippen LogP contribution in [0.2, 0.25) is 0 Å². The van der Waals surface area contributed by atoms with Crippen molar-refractivity contribution < 1.29 is 0 Å². The Morgan fingerprint density at radius 2 is 0.931 bits per heavy atom. The van der Waals surface area contributed by atoms with E-state index in [2.05, 4.69) is 22.1 Å². The fourth-order valence-corrected chi connectivity index (χ4v) is 4.37. The lowest BCUT2D eigenvalue weighted by Crippen LogP contribution is -2.09. The number of fused-ring (bicyclic) bond motifs is 4. The second-order valence-electron chi connectivity index (χ2n) is 7.86. The van der Waals surface area contributed by atoms with E-state index in [0.717, 1.165) is 33.3 Å². The summed E-state index contributed by atoms with van der Waals surface area (Å²) >= 11 is 0. The van der Waals surface area contributed by atoms with Crippen molar-refractivity contribution in [3.8, 4) is 0 Å². The van der Waals surface area contributed by atoms with Crippen molar-refractivity contribution in [1.82, 2.24) is 9.97 Å². The molecule has 4 nitrogen and oxygen atoms in total. The first-order valence-electron chi connectivity index (χ1n) is 9.37.